The number of amides is 3. The number of hydrogen-bond donors (Lipinski definition) is 1. The van der Waals surface area contributed by atoms with E-state index in [-0.39, 0.29) is 89.2 Å². The zero-order chi connectivity index (χ0) is 93.6. The number of anilines is 3. The summed E-state index contributed by atoms with van der Waals surface area (Å²) in [4.78, 5) is 94.3. The summed E-state index contributed by atoms with van der Waals surface area (Å²) >= 11 is 18.2. The number of phenolic OH excluding ortho intramolecular Hbond substituents is 1. The average molecular weight is 1990 g/mol. The lowest BCUT2D eigenvalue weighted by Crippen LogP contribution is -2.41. The van der Waals surface area contributed by atoms with Gasteiger partial charge in [-0.15, -0.1) is 0 Å². The monoisotopic (exact) mass is 1990 g/mol. The first-order valence-corrected chi connectivity index (χ1v) is 49.2. The highest BCUT2D eigenvalue weighted by atomic mass is 79.9. The van der Waals surface area contributed by atoms with E-state index in [4.69, 9.17) is 66.4 Å². The Hall–Kier alpha value is -10.4. The first-order chi connectivity index (χ1) is 64.7. The van der Waals surface area contributed by atoms with Crippen LogP contribution in [0.5, 0.6) is 5.75 Å². The number of nitrogens with zero attached hydrogens (tertiary/aromatic N) is 22. The zero-order valence-electron chi connectivity index (χ0n) is 77.5. The van der Waals surface area contributed by atoms with E-state index in [0.29, 0.717) is 52.2 Å². The minimum Gasteiger partial charge on any atom is -0.506 e. The van der Waals surface area contributed by atoms with E-state index >= 15 is 0 Å². The van der Waals surface area contributed by atoms with Crippen LogP contribution in [0.25, 0.3) is 44.6 Å². The van der Waals surface area contributed by atoms with Crippen LogP contribution in [0.4, 0.5) is 22.9 Å². The minimum absolute atomic E-state index is 0.00139. The molecule has 1 N–H and O–H groups in total. The maximum atomic E-state index is 12.6. The number of imidazole rings is 3. The molecule has 9 aromatic heterocycles. The molecule has 2 aliphatic carbocycles. The van der Waals surface area contributed by atoms with Crippen LogP contribution < -0.4 is 20.2 Å². The SMILES string of the molecule is C1=COCCC1.CC(=O)N1c2ccc(-c3cnn(C4CC4)c3)c(Cc3ncc4c(ncn4C4CCCCO4)n3)c2CC[C@@H]1C.CC(=O)N1c2ccc(Br)c(Cc3ncc4c(ncn4C4CCCCO4)n3)c2CC[C@@H]1C.CC(=O)N1c2ccc(Br)c(O)c2CC[C@@H]1C.CC1(C)OB(c2cnn(C3CC3)c2)OC1(C)C.Clc1ncc2c(n1)N=CC2.Clc1ncc2c(ncn2C2CCCCO2)n1. The minimum atomic E-state index is -0.285. The molecule has 32 nitrogen and oxygen atoms in total. The van der Waals surface area contributed by atoms with Gasteiger partial charge in [-0.25, -0.2) is 49.8 Å². The first kappa shape index (κ1) is 95.4. The second kappa shape index (κ2) is 42.1. The van der Waals surface area contributed by atoms with Crippen molar-refractivity contribution in [3.63, 3.8) is 0 Å². The van der Waals surface area contributed by atoms with E-state index in [2.05, 4.69) is 162 Å². The van der Waals surface area contributed by atoms with Gasteiger partial charge in [0.05, 0.1) is 90.1 Å². The van der Waals surface area contributed by atoms with E-state index in [1.54, 1.807) is 62.9 Å². The predicted octanol–water partition coefficient (Wildman–Crippen LogP) is 18.8. The quantitative estimate of drug-likeness (QED) is 0.0928. The number of rotatable bonds is 11. The fourth-order valence-electron chi connectivity index (χ4n) is 18.6. The van der Waals surface area contributed by atoms with Gasteiger partial charge in [0.15, 0.2) is 22.8 Å². The number of benzene rings is 3. The summed E-state index contributed by atoms with van der Waals surface area (Å²) in [5.74, 6) is 2.60. The summed E-state index contributed by atoms with van der Waals surface area (Å²) < 4.78 is 46.3. The summed E-state index contributed by atoms with van der Waals surface area (Å²) in [6.45, 7) is 22.7. The van der Waals surface area contributed by atoms with Crippen molar-refractivity contribution >= 4 is 148 Å². The first-order valence-electron chi connectivity index (χ1n) is 46.9. The molecule has 18 heterocycles. The fraction of sp³-hybridized carbons (Fsp3) is 0.495. The van der Waals surface area contributed by atoms with Crippen LogP contribution >= 0.6 is 55.1 Å². The number of hydrogen-bond acceptors (Lipinski definition) is 24. The summed E-state index contributed by atoms with van der Waals surface area (Å²) in [6.07, 6.45) is 50.7. The third-order valence-corrected chi connectivity index (χ3v) is 28.5. The molecule has 3 amide bonds. The molecular formula is C97H115BBr2Cl2N22O10. The number of fused-ring (bicyclic) bond motifs is 7. The van der Waals surface area contributed by atoms with Gasteiger partial charge in [-0.3, -0.25) is 23.7 Å². The molecule has 4 saturated heterocycles. The molecule has 6 atom stereocenters. The van der Waals surface area contributed by atoms with Gasteiger partial charge < -0.3 is 61.8 Å². The second-order valence-electron chi connectivity index (χ2n) is 36.8. The summed E-state index contributed by atoms with van der Waals surface area (Å²) in [7, 11) is -0.285. The van der Waals surface area contributed by atoms with Gasteiger partial charge in [-0.1, -0.05) is 22.0 Å². The van der Waals surface area contributed by atoms with E-state index in [1.165, 1.54) is 61.6 Å². The molecular weight excluding hydrogens is 1870 g/mol. The van der Waals surface area contributed by atoms with Crippen molar-refractivity contribution in [1.82, 2.24) is 88.1 Å². The molecule has 0 spiro atoms. The lowest BCUT2D eigenvalue weighted by Gasteiger charge is -2.36. The number of aliphatic imine (C=N–C) groups is 1. The molecule has 9 aliphatic heterocycles. The number of carbonyl (C=O) groups is 3. The lowest BCUT2D eigenvalue weighted by atomic mass is 9.82. The van der Waals surface area contributed by atoms with Crippen LogP contribution in [0.1, 0.15) is 261 Å². The maximum Gasteiger partial charge on any atom is 0.498 e. The third kappa shape index (κ3) is 21.7. The van der Waals surface area contributed by atoms with Crippen molar-refractivity contribution in [3.8, 4) is 16.9 Å². The fourth-order valence-corrected chi connectivity index (χ4v) is 19.7. The Morgan fingerprint density at radius 2 is 0.963 bits per heavy atom. The molecule has 0 bridgehead atoms. The van der Waals surface area contributed by atoms with Crippen LogP contribution in [0.3, 0.4) is 0 Å². The van der Waals surface area contributed by atoms with Gasteiger partial charge >= 0.3 is 7.12 Å². The molecule has 0 radical (unpaired) electrons. The molecule has 37 heteroatoms. The van der Waals surface area contributed by atoms with Crippen molar-refractivity contribution in [2.24, 2.45) is 4.99 Å². The number of halogens is 4. The molecule has 11 aliphatic rings. The van der Waals surface area contributed by atoms with Crippen LogP contribution in [0.15, 0.2) is 131 Å². The van der Waals surface area contributed by atoms with Crippen molar-refractivity contribution in [3.05, 3.63) is 182 Å². The number of carbonyl (C=O) groups excluding carboxylic acids is 3. The van der Waals surface area contributed by atoms with E-state index < -0.39 is 0 Å². The third-order valence-electron chi connectivity index (χ3n) is 26.7. The average Bonchev–Trinajstić information content (AvgIpc) is 1.32. The Morgan fingerprint density at radius 1 is 0.500 bits per heavy atom. The highest BCUT2D eigenvalue weighted by Gasteiger charge is 2.52. The largest absolute Gasteiger partial charge is 0.506 e. The standard InChI is InChI=1S/C29H33N7O2.C23H26BrN5O2.C12H19BN2O2.C12H14BrNO2.C10H11ClN4O.C6H4ClN3.C5H8O/c1-18-6-9-23-24(13-27-30-15-26-29(33-27)31-17-34(26)28-5-3-4-12-38-28)22(10-11-25(23)36(18)19(2)37)20-14-32-35(16-20)21-7-8-21;1-14-6-7-16-17(18(24)8-9-19(16)29(14)15(2)30)11-21-25-12-20-23(27-21)26-13-28(20)22-5-3-4-10-31-22;1-11(2)12(3,4)17-13(16-11)9-7-14-15(8-9)10-5-6-10;1-7-3-4-9-11(14(7)8(2)15)6-5-10(13)12(9)16;11-10-12-5-7-9(14-10)13-6-15(7)8-3-1-2-4-16-8;7-6-9-3-4-1-2-8-5(4)10-6;1-2-4-6-5-3-1/h10-11,14-18,21,28H,3-9,12-13H2,1-2H3;8-9,12-14,22H,3-7,10-11H2,1-2H3;7-8,10H,5-6H2,1-4H3;5-7,16H,3-4H2,1-2H3;5-6,8H,1-4H2;2-3H,1H2;2,4H,1,3,5H2/t18-,28?;14-,22?;;7-;;;/m00.0.../s1. The highest BCUT2D eigenvalue weighted by molar-refractivity contribution is 9.10. The van der Waals surface area contributed by atoms with Crippen LogP contribution in [-0.4, -0.2) is 180 Å². The molecule has 3 aromatic carbocycles. The molecule has 6 fully saturated rings. The second-order valence-corrected chi connectivity index (χ2v) is 39.2. The van der Waals surface area contributed by atoms with Crippen molar-refractivity contribution in [1.29, 1.82) is 0 Å². The molecule has 12 aromatic rings. The van der Waals surface area contributed by atoms with E-state index in [1.807, 2.05) is 92.3 Å². The molecule has 134 heavy (non-hydrogen) atoms. The maximum absolute atomic E-state index is 12.6. The van der Waals surface area contributed by atoms with Crippen molar-refractivity contribution in [2.75, 3.05) is 41.1 Å². The molecule has 23 rings (SSSR count). The Balaban J connectivity index is 0.000000116. The van der Waals surface area contributed by atoms with Gasteiger partial charge in [0.2, 0.25) is 28.3 Å². The molecule has 704 valence electrons. The Kier molecular flexibility index (Phi) is 30.0. The Bertz CT molecular complexity index is 6270. The number of phenols is 1. The van der Waals surface area contributed by atoms with E-state index in [9.17, 15) is 19.5 Å². The molecule has 3 unspecified atom stereocenters. The Morgan fingerprint density at radius 3 is 1.45 bits per heavy atom. The van der Waals surface area contributed by atoms with Gasteiger partial charge in [-0.05, 0) is 287 Å². The Labute approximate surface area is 806 Å². The zero-order valence-corrected chi connectivity index (χ0v) is 82.2. The number of aromatic hydroxyl groups is 1. The normalized spacial score (nSPS) is 21.2. The smallest absolute Gasteiger partial charge is 0.498 e. The predicted molar refractivity (Wildman–Crippen MR) is 521 cm³/mol. The number of aromatic nitrogens is 18. The van der Waals surface area contributed by atoms with Crippen LogP contribution in [0, 0.1) is 0 Å². The van der Waals surface area contributed by atoms with Crippen molar-refractivity contribution in [2.45, 2.75) is 283 Å². The number of allylic oxidation sites excluding steroid dienone is 1. The highest BCUT2D eigenvalue weighted by Crippen LogP contribution is 2.45. The lowest BCUT2D eigenvalue weighted by molar-refractivity contribution is -0.117. The van der Waals surface area contributed by atoms with Gasteiger partial charge in [0.1, 0.15) is 52.6 Å². The number of ether oxygens (including phenoxy) is 4. The summed E-state index contributed by atoms with van der Waals surface area (Å²) in [5.41, 5.74) is 16.9. The summed E-state index contributed by atoms with van der Waals surface area (Å²) in [6, 6.07) is 13.7. The molecule has 2 saturated carbocycles. The summed E-state index contributed by atoms with van der Waals surface area (Å²) in [5, 5.41) is 19.5. The van der Waals surface area contributed by atoms with Gasteiger partial charge in [-0.2, -0.15) is 20.2 Å². The van der Waals surface area contributed by atoms with Gasteiger partial charge in [0, 0.05) is 147 Å². The van der Waals surface area contributed by atoms with Crippen LogP contribution in [-0.2, 0) is 81.2 Å². The van der Waals surface area contributed by atoms with Gasteiger partial charge in [0.25, 0.3) is 0 Å². The topological polar surface area (TPSA) is 341 Å². The van der Waals surface area contributed by atoms with Crippen molar-refractivity contribution < 1.29 is 47.7 Å². The van der Waals surface area contributed by atoms with Crippen LogP contribution in [0.2, 0.25) is 10.6 Å². The van der Waals surface area contributed by atoms with E-state index in [0.717, 1.165) is 206 Å².